The van der Waals surface area contributed by atoms with E-state index >= 15 is 0 Å². The van der Waals surface area contributed by atoms with Crippen LogP contribution in [0.4, 0.5) is 0 Å². The van der Waals surface area contributed by atoms with E-state index in [9.17, 15) is 0 Å². The van der Waals surface area contributed by atoms with E-state index in [0.717, 1.165) is 18.3 Å². The number of aromatic nitrogens is 8. The fourth-order valence-electron chi connectivity index (χ4n) is 2.53. The highest BCUT2D eigenvalue weighted by Crippen LogP contribution is 1.98. The third-order valence-electron chi connectivity index (χ3n) is 3.76. The van der Waals surface area contributed by atoms with Crippen molar-refractivity contribution in [3.63, 3.8) is 0 Å². The van der Waals surface area contributed by atoms with E-state index in [-0.39, 0.29) is 0 Å². The Balaban J connectivity index is 1.45. The summed E-state index contributed by atoms with van der Waals surface area (Å²) in [7, 11) is 0. The third kappa shape index (κ3) is 3.89. The highest BCUT2D eigenvalue weighted by Gasteiger charge is 2.05. The lowest BCUT2D eigenvalue weighted by molar-refractivity contribution is 0.814. The molecule has 0 amide bonds. The van der Waals surface area contributed by atoms with Crippen LogP contribution in [0.5, 0.6) is 0 Å². The first kappa shape index (κ1) is 16.6. The molecule has 0 spiro atoms. The minimum absolute atomic E-state index is 0.621. The van der Waals surface area contributed by atoms with E-state index in [0.29, 0.717) is 13.1 Å². The maximum absolute atomic E-state index is 4.69. The van der Waals surface area contributed by atoms with Crippen LogP contribution in [-0.2, 0) is 0 Å². The molecule has 0 bridgehead atoms. The largest absolute Gasteiger partial charge is 0.276 e. The zero-order valence-corrected chi connectivity index (χ0v) is 14.5. The predicted molar refractivity (Wildman–Crippen MR) is 99.7 cm³/mol. The standard InChI is InChI=1S/C17H18N10/c1(2-22-16(24-8-4-18-12-24)25-9-5-19-13-25)3-23-17(26-10-6-20-14-26)27-11-7-21-15-27/h4-15H,1-3H2. The van der Waals surface area contributed by atoms with E-state index in [4.69, 9.17) is 0 Å². The molecule has 0 unspecified atom stereocenters. The van der Waals surface area contributed by atoms with Gasteiger partial charge in [-0.1, -0.05) is 0 Å². The van der Waals surface area contributed by atoms with Crippen LogP contribution in [0.2, 0.25) is 0 Å². The quantitative estimate of drug-likeness (QED) is 0.308. The van der Waals surface area contributed by atoms with E-state index in [2.05, 4.69) is 29.9 Å². The van der Waals surface area contributed by atoms with Gasteiger partial charge in [-0.25, -0.2) is 19.9 Å². The lowest BCUT2D eigenvalue weighted by Crippen LogP contribution is -2.20. The molecule has 0 aliphatic heterocycles. The molecule has 4 rings (SSSR count). The van der Waals surface area contributed by atoms with E-state index in [1.54, 1.807) is 50.1 Å². The molecule has 0 saturated heterocycles. The summed E-state index contributed by atoms with van der Waals surface area (Å²) in [4.78, 5) is 25.7. The first-order valence-corrected chi connectivity index (χ1v) is 8.44. The van der Waals surface area contributed by atoms with Crippen molar-refractivity contribution < 1.29 is 0 Å². The first-order valence-electron chi connectivity index (χ1n) is 8.44. The lowest BCUT2D eigenvalue weighted by Gasteiger charge is -2.09. The van der Waals surface area contributed by atoms with Crippen molar-refractivity contribution in [3.05, 3.63) is 74.9 Å². The number of aliphatic imine (C=N–C) groups is 2. The number of hydrogen-bond donors (Lipinski definition) is 0. The van der Waals surface area contributed by atoms with Crippen LogP contribution < -0.4 is 0 Å². The predicted octanol–water partition coefficient (Wildman–Crippen LogP) is 1.07. The van der Waals surface area contributed by atoms with E-state index in [1.807, 2.05) is 43.1 Å². The van der Waals surface area contributed by atoms with Crippen LogP contribution in [0.1, 0.15) is 6.42 Å². The van der Waals surface area contributed by atoms with Gasteiger partial charge in [0.1, 0.15) is 25.3 Å². The second-order valence-electron chi connectivity index (χ2n) is 5.60. The summed E-state index contributed by atoms with van der Waals surface area (Å²) in [5.41, 5.74) is 0. The van der Waals surface area contributed by atoms with E-state index in [1.165, 1.54) is 0 Å². The second kappa shape index (κ2) is 8.04. The minimum atomic E-state index is 0.621. The highest BCUT2D eigenvalue weighted by atomic mass is 15.3. The van der Waals surface area contributed by atoms with Gasteiger partial charge in [-0.15, -0.1) is 0 Å². The zero-order valence-electron chi connectivity index (χ0n) is 14.5. The fraction of sp³-hybridized carbons (Fsp3) is 0.176. The topological polar surface area (TPSA) is 96.0 Å². The molecule has 0 aromatic carbocycles. The molecular formula is C17H18N10. The number of hydrogen-bond acceptors (Lipinski definition) is 6. The Morgan fingerprint density at radius 1 is 0.556 bits per heavy atom. The van der Waals surface area contributed by atoms with Crippen molar-refractivity contribution >= 4 is 11.9 Å². The van der Waals surface area contributed by atoms with Crippen LogP contribution in [0.15, 0.2) is 84.9 Å². The molecule has 0 fully saturated rings. The van der Waals surface area contributed by atoms with Gasteiger partial charge < -0.3 is 0 Å². The smallest absolute Gasteiger partial charge is 0.215 e. The molecule has 0 radical (unpaired) electrons. The molecule has 4 aromatic heterocycles. The lowest BCUT2D eigenvalue weighted by atomic mass is 10.4. The summed E-state index contributed by atoms with van der Waals surface area (Å²) >= 11 is 0. The average molecular weight is 362 g/mol. The maximum Gasteiger partial charge on any atom is 0.215 e. The molecule has 0 aliphatic carbocycles. The maximum atomic E-state index is 4.69. The van der Waals surface area contributed by atoms with Crippen molar-refractivity contribution in [2.45, 2.75) is 6.42 Å². The molecule has 10 nitrogen and oxygen atoms in total. The van der Waals surface area contributed by atoms with Crippen molar-refractivity contribution in [2.24, 2.45) is 9.98 Å². The summed E-state index contributed by atoms with van der Waals surface area (Å²) < 4.78 is 7.42. The van der Waals surface area contributed by atoms with Crippen LogP contribution in [0.25, 0.3) is 0 Å². The van der Waals surface area contributed by atoms with Crippen molar-refractivity contribution in [1.82, 2.24) is 38.2 Å². The molecular weight excluding hydrogens is 344 g/mol. The Kier molecular flexibility index (Phi) is 4.95. The van der Waals surface area contributed by atoms with E-state index < -0.39 is 0 Å². The van der Waals surface area contributed by atoms with Crippen LogP contribution >= 0.6 is 0 Å². The molecule has 27 heavy (non-hydrogen) atoms. The van der Waals surface area contributed by atoms with Crippen LogP contribution in [0, 0.1) is 0 Å². The Hall–Kier alpha value is -3.82. The Bertz CT molecular complexity index is 822. The Labute approximate surface area is 155 Å². The monoisotopic (exact) mass is 362 g/mol. The van der Waals surface area contributed by atoms with Crippen molar-refractivity contribution in [3.8, 4) is 0 Å². The third-order valence-corrected chi connectivity index (χ3v) is 3.76. The average Bonchev–Trinajstić information content (AvgIpc) is 3.51. The first-order chi connectivity index (χ1) is 13.4. The molecule has 4 aromatic rings. The molecule has 0 saturated carbocycles. The molecule has 136 valence electrons. The van der Waals surface area contributed by atoms with Gasteiger partial charge in [0.15, 0.2) is 0 Å². The van der Waals surface area contributed by atoms with Crippen molar-refractivity contribution in [2.75, 3.05) is 13.1 Å². The minimum Gasteiger partial charge on any atom is -0.276 e. The van der Waals surface area contributed by atoms with Gasteiger partial charge in [0.25, 0.3) is 0 Å². The SMILES string of the molecule is c1cn(C(=NCCCN=C(n2ccnc2)n2ccnc2)n2ccnc2)cn1. The van der Waals surface area contributed by atoms with Crippen LogP contribution in [0.3, 0.4) is 0 Å². The molecule has 10 heteroatoms. The fourth-order valence-corrected chi connectivity index (χ4v) is 2.53. The number of nitrogens with zero attached hydrogens (tertiary/aromatic N) is 10. The Morgan fingerprint density at radius 2 is 0.889 bits per heavy atom. The summed E-state index contributed by atoms with van der Waals surface area (Å²) in [5.74, 6) is 1.50. The summed E-state index contributed by atoms with van der Waals surface area (Å²) in [6.45, 7) is 1.24. The number of rotatable bonds is 4. The van der Waals surface area contributed by atoms with Crippen LogP contribution in [-0.4, -0.2) is 63.2 Å². The van der Waals surface area contributed by atoms with Gasteiger partial charge in [0.2, 0.25) is 11.9 Å². The molecule has 4 heterocycles. The van der Waals surface area contributed by atoms with Gasteiger partial charge >= 0.3 is 0 Å². The van der Waals surface area contributed by atoms with Gasteiger partial charge in [0, 0.05) is 62.7 Å². The molecule has 0 atom stereocenters. The Morgan fingerprint density at radius 3 is 1.15 bits per heavy atom. The second-order valence-corrected chi connectivity index (χ2v) is 5.60. The van der Waals surface area contributed by atoms with Crippen molar-refractivity contribution in [1.29, 1.82) is 0 Å². The number of imidazole rings is 4. The highest BCUT2D eigenvalue weighted by molar-refractivity contribution is 5.84. The normalized spacial score (nSPS) is 10.7. The molecule has 0 N–H and O–H groups in total. The molecule has 0 aliphatic rings. The summed E-state index contributed by atoms with van der Waals surface area (Å²) in [6.07, 6.45) is 22.0. The summed E-state index contributed by atoms with van der Waals surface area (Å²) in [6, 6.07) is 0. The zero-order chi connectivity index (χ0) is 18.3. The van der Waals surface area contributed by atoms with Gasteiger partial charge in [0.05, 0.1) is 0 Å². The van der Waals surface area contributed by atoms with Gasteiger partial charge in [-0.05, 0) is 6.42 Å². The van der Waals surface area contributed by atoms with Gasteiger partial charge in [-0.3, -0.25) is 28.3 Å². The summed E-state index contributed by atoms with van der Waals surface area (Å²) in [5, 5.41) is 0. The van der Waals surface area contributed by atoms with Gasteiger partial charge in [-0.2, -0.15) is 0 Å².